The second kappa shape index (κ2) is 4.81. The van der Waals surface area contributed by atoms with Gasteiger partial charge in [0, 0.05) is 10.5 Å². The molecule has 0 radical (unpaired) electrons. The van der Waals surface area contributed by atoms with Crippen molar-refractivity contribution in [3.63, 3.8) is 0 Å². The fourth-order valence-electron chi connectivity index (χ4n) is 1.03. The molecule has 80 valence electrons. The maximum absolute atomic E-state index is 11.2. The summed E-state index contributed by atoms with van der Waals surface area (Å²) in [6.45, 7) is 0. The summed E-state index contributed by atoms with van der Waals surface area (Å²) in [6, 6.07) is 3.69. The number of hydrogen-bond acceptors (Lipinski definition) is 5. The van der Waals surface area contributed by atoms with Crippen LogP contribution in [-0.4, -0.2) is 28.1 Å². The summed E-state index contributed by atoms with van der Waals surface area (Å²) in [4.78, 5) is 21.3. The van der Waals surface area contributed by atoms with Crippen LogP contribution in [0, 0.1) is 0 Å². The van der Waals surface area contributed by atoms with E-state index in [9.17, 15) is 18.4 Å². The Morgan fingerprint density at radius 2 is 2.20 bits per heavy atom. The van der Waals surface area contributed by atoms with E-state index in [2.05, 4.69) is 4.74 Å². The highest BCUT2D eigenvalue weighted by Crippen LogP contribution is 2.15. The molecule has 0 saturated carbocycles. The molecular formula is C9H7O5S-. The largest absolute Gasteiger partial charge is 0.768 e. The van der Waals surface area contributed by atoms with E-state index in [1.165, 1.54) is 12.1 Å². The fourth-order valence-corrected chi connectivity index (χ4v) is 1.59. The highest BCUT2D eigenvalue weighted by Gasteiger charge is 2.12. The van der Waals surface area contributed by atoms with Crippen LogP contribution in [0.5, 0.6) is 0 Å². The SMILES string of the molecule is COC(=O)c1ccc(C=O)cc1S(=O)[O-]. The van der Waals surface area contributed by atoms with Gasteiger partial charge in [-0.2, -0.15) is 0 Å². The Labute approximate surface area is 88.3 Å². The van der Waals surface area contributed by atoms with Crippen LogP contribution in [0.3, 0.4) is 0 Å². The van der Waals surface area contributed by atoms with Gasteiger partial charge in [-0.1, -0.05) is 6.07 Å². The van der Waals surface area contributed by atoms with Gasteiger partial charge in [0.15, 0.2) is 0 Å². The van der Waals surface area contributed by atoms with Crippen LogP contribution in [0.1, 0.15) is 20.7 Å². The standard InChI is InChI=1S/C9H8O5S/c1-14-9(11)7-3-2-6(5-10)4-8(7)15(12)13/h2-5H,1H3,(H,12,13)/p-1. The second-order valence-corrected chi connectivity index (χ2v) is 3.51. The van der Waals surface area contributed by atoms with E-state index in [1.54, 1.807) is 0 Å². The molecular weight excluding hydrogens is 220 g/mol. The molecule has 0 saturated heterocycles. The molecule has 0 heterocycles. The van der Waals surface area contributed by atoms with E-state index in [0.29, 0.717) is 6.29 Å². The fraction of sp³-hybridized carbons (Fsp3) is 0.111. The van der Waals surface area contributed by atoms with Crippen LogP contribution in [0.4, 0.5) is 0 Å². The number of ether oxygens (including phenoxy) is 1. The van der Waals surface area contributed by atoms with Crippen molar-refractivity contribution in [3.05, 3.63) is 29.3 Å². The van der Waals surface area contributed by atoms with Gasteiger partial charge in [-0.3, -0.25) is 9.00 Å². The number of hydrogen-bond donors (Lipinski definition) is 0. The third-order valence-electron chi connectivity index (χ3n) is 1.73. The number of methoxy groups -OCH3 is 1. The van der Waals surface area contributed by atoms with Crippen molar-refractivity contribution in [1.82, 2.24) is 0 Å². The average Bonchev–Trinajstić information content (AvgIpc) is 2.27. The number of carbonyl (C=O) groups is 2. The third kappa shape index (κ3) is 2.48. The van der Waals surface area contributed by atoms with Gasteiger partial charge >= 0.3 is 5.97 Å². The molecule has 0 N–H and O–H groups in total. The van der Waals surface area contributed by atoms with Gasteiger partial charge in [0.05, 0.1) is 12.7 Å². The molecule has 0 aliphatic heterocycles. The normalized spacial score (nSPS) is 11.9. The van der Waals surface area contributed by atoms with Crippen molar-refractivity contribution < 1.29 is 23.1 Å². The van der Waals surface area contributed by atoms with E-state index in [4.69, 9.17) is 0 Å². The van der Waals surface area contributed by atoms with Crippen molar-refractivity contribution in [1.29, 1.82) is 0 Å². The molecule has 1 rings (SSSR count). The highest BCUT2D eigenvalue weighted by atomic mass is 32.2. The Morgan fingerprint density at radius 3 is 2.67 bits per heavy atom. The van der Waals surface area contributed by atoms with Gasteiger partial charge in [0.25, 0.3) is 0 Å². The van der Waals surface area contributed by atoms with Crippen molar-refractivity contribution in [2.75, 3.05) is 7.11 Å². The molecule has 6 heteroatoms. The van der Waals surface area contributed by atoms with Crippen LogP contribution in [0.2, 0.25) is 0 Å². The Hall–Kier alpha value is -1.53. The Kier molecular flexibility index (Phi) is 3.70. The maximum Gasteiger partial charge on any atom is 0.339 e. The summed E-state index contributed by atoms with van der Waals surface area (Å²) < 4.78 is 26.0. The van der Waals surface area contributed by atoms with Gasteiger partial charge < -0.3 is 9.29 Å². The summed E-state index contributed by atoms with van der Waals surface area (Å²) in [7, 11) is 1.15. The van der Waals surface area contributed by atoms with Crippen molar-refractivity contribution in [2.45, 2.75) is 4.90 Å². The van der Waals surface area contributed by atoms with Gasteiger partial charge in [-0.25, -0.2) is 4.79 Å². The average molecular weight is 227 g/mol. The lowest BCUT2D eigenvalue weighted by Crippen LogP contribution is -2.07. The van der Waals surface area contributed by atoms with Crippen molar-refractivity contribution >= 4 is 23.3 Å². The minimum absolute atomic E-state index is 0.0866. The van der Waals surface area contributed by atoms with Crippen LogP contribution in [0.25, 0.3) is 0 Å². The summed E-state index contributed by atoms with van der Waals surface area (Å²) in [5.74, 6) is -0.758. The Bertz CT molecular complexity index is 427. The summed E-state index contributed by atoms with van der Waals surface area (Å²) >= 11 is -2.58. The van der Waals surface area contributed by atoms with Gasteiger partial charge in [-0.15, -0.1) is 0 Å². The lowest BCUT2D eigenvalue weighted by molar-refractivity contribution is 0.0596. The van der Waals surface area contributed by atoms with Crippen LogP contribution < -0.4 is 0 Å². The molecule has 1 unspecified atom stereocenters. The highest BCUT2D eigenvalue weighted by molar-refractivity contribution is 7.79. The zero-order valence-corrected chi connectivity index (χ0v) is 8.58. The number of carbonyl (C=O) groups excluding carboxylic acids is 2. The van der Waals surface area contributed by atoms with Crippen LogP contribution in [0.15, 0.2) is 23.1 Å². The number of benzene rings is 1. The zero-order valence-electron chi connectivity index (χ0n) is 7.76. The first-order valence-electron chi connectivity index (χ1n) is 3.87. The first-order valence-corrected chi connectivity index (χ1v) is 4.94. The topological polar surface area (TPSA) is 83.5 Å². The Balaban J connectivity index is 3.33. The van der Waals surface area contributed by atoms with E-state index < -0.39 is 17.0 Å². The maximum atomic E-state index is 11.2. The molecule has 0 aliphatic rings. The minimum Gasteiger partial charge on any atom is -0.768 e. The van der Waals surface area contributed by atoms with Gasteiger partial charge in [-0.05, 0) is 23.2 Å². The molecule has 0 bridgehead atoms. The molecule has 0 amide bonds. The first kappa shape index (κ1) is 11.5. The van der Waals surface area contributed by atoms with Gasteiger partial charge in [0.2, 0.25) is 0 Å². The molecule has 0 spiro atoms. The summed E-state index contributed by atoms with van der Waals surface area (Å²) in [5.41, 5.74) is 0.0956. The lowest BCUT2D eigenvalue weighted by atomic mass is 10.1. The molecule has 0 aromatic heterocycles. The van der Waals surface area contributed by atoms with Crippen LogP contribution >= 0.6 is 0 Å². The molecule has 1 aromatic rings. The van der Waals surface area contributed by atoms with Crippen molar-refractivity contribution in [2.24, 2.45) is 0 Å². The molecule has 1 aromatic carbocycles. The summed E-state index contributed by atoms with van der Waals surface area (Å²) in [6.07, 6.45) is 0.497. The molecule has 15 heavy (non-hydrogen) atoms. The molecule has 0 aliphatic carbocycles. The predicted octanol–water partition coefficient (Wildman–Crippen LogP) is 0.524. The molecule has 5 nitrogen and oxygen atoms in total. The second-order valence-electron chi connectivity index (χ2n) is 2.60. The third-order valence-corrected chi connectivity index (χ3v) is 2.42. The smallest absolute Gasteiger partial charge is 0.339 e. The quantitative estimate of drug-likeness (QED) is 0.427. The molecule has 0 fully saturated rings. The van der Waals surface area contributed by atoms with E-state index in [0.717, 1.165) is 13.2 Å². The van der Waals surface area contributed by atoms with E-state index >= 15 is 0 Å². The first-order chi connectivity index (χ1) is 7.10. The van der Waals surface area contributed by atoms with Crippen molar-refractivity contribution in [3.8, 4) is 0 Å². The monoisotopic (exact) mass is 227 g/mol. The minimum atomic E-state index is -2.58. The lowest BCUT2D eigenvalue weighted by Gasteiger charge is -2.10. The van der Waals surface area contributed by atoms with E-state index in [-0.39, 0.29) is 16.0 Å². The zero-order chi connectivity index (χ0) is 11.4. The predicted molar refractivity (Wildman–Crippen MR) is 50.4 cm³/mol. The Morgan fingerprint density at radius 1 is 1.53 bits per heavy atom. The number of aldehydes is 1. The van der Waals surface area contributed by atoms with Gasteiger partial charge in [0.1, 0.15) is 6.29 Å². The molecule has 1 atom stereocenters. The van der Waals surface area contributed by atoms with Crippen LogP contribution in [-0.2, 0) is 15.8 Å². The summed E-state index contributed by atoms with van der Waals surface area (Å²) in [5, 5.41) is 0. The van der Waals surface area contributed by atoms with E-state index in [1.807, 2.05) is 0 Å². The number of esters is 1. The number of rotatable bonds is 3.